The predicted octanol–water partition coefficient (Wildman–Crippen LogP) is 2.58. The molecule has 2 N–H and O–H groups in total. The van der Waals surface area contributed by atoms with Gasteiger partial charge in [0.15, 0.2) is 0 Å². The van der Waals surface area contributed by atoms with Crippen LogP contribution >= 0.6 is 11.7 Å². The second kappa shape index (κ2) is 9.99. The highest BCUT2D eigenvalue weighted by Gasteiger charge is 2.31. The molecule has 2 heterocycles. The van der Waals surface area contributed by atoms with Crippen LogP contribution in [0.25, 0.3) is 5.57 Å². The number of hydrogen-bond acceptors (Lipinski definition) is 7. The highest BCUT2D eigenvalue weighted by molar-refractivity contribution is 6.99. The van der Waals surface area contributed by atoms with E-state index in [4.69, 9.17) is 15.2 Å². The van der Waals surface area contributed by atoms with Crippen molar-refractivity contribution in [3.05, 3.63) is 11.8 Å². The maximum Gasteiger partial charge on any atom is 0.326 e. The lowest BCUT2D eigenvalue weighted by molar-refractivity contribution is -0.919. The van der Waals surface area contributed by atoms with E-state index in [9.17, 15) is 4.79 Å². The smallest absolute Gasteiger partial charge is 0.326 e. The molecule has 8 heteroatoms. The molecule has 0 spiro atoms. The first-order valence-corrected chi connectivity index (χ1v) is 10.1. The largest absolute Gasteiger partial charge is 0.475 e. The molecule has 0 saturated carbocycles. The minimum Gasteiger partial charge on any atom is -0.475 e. The predicted molar refractivity (Wildman–Crippen MR) is 103 cm³/mol. The van der Waals surface area contributed by atoms with Gasteiger partial charge in [0.2, 0.25) is 6.73 Å². The van der Waals surface area contributed by atoms with Gasteiger partial charge in [-0.3, -0.25) is 9.28 Å². The summed E-state index contributed by atoms with van der Waals surface area (Å²) in [6.07, 6.45) is 7.73. The number of aromatic nitrogens is 2. The molecule has 7 nitrogen and oxygen atoms in total. The lowest BCUT2D eigenvalue weighted by atomic mass is 10.1. The van der Waals surface area contributed by atoms with Gasteiger partial charge in [0.05, 0.1) is 31.9 Å². The van der Waals surface area contributed by atoms with Crippen LogP contribution in [0.15, 0.2) is 6.08 Å². The van der Waals surface area contributed by atoms with Gasteiger partial charge in [-0.1, -0.05) is 32.3 Å². The molecular formula is C18H31N4O3S+. The van der Waals surface area contributed by atoms with Gasteiger partial charge < -0.3 is 15.2 Å². The quantitative estimate of drug-likeness (QED) is 0.380. The average molecular weight is 384 g/mol. The number of nitrogens with zero attached hydrogens (tertiary/aromatic N) is 3. The van der Waals surface area contributed by atoms with E-state index in [0.717, 1.165) is 37.2 Å². The van der Waals surface area contributed by atoms with Gasteiger partial charge in [0.25, 0.3) is 5.88 Å². The molecule has 1 aromatic heterocycles. The van der Waals surface area contributed by atoms with E-state index in [-0.39, 0.29) is 5.97 Å². The summed E-state index contributed by atoms with van der Waals surface area (Å²) in [5, 5.41) is 0. The first-order chi connectivity index (χ1) is 12.4. The molecule has 2 rings (SSSR count). The zero-order chi connectivity index (χ0) is 19.0. The van der Waals surface area contributed by atoms with Crippen molar-refractivity contribution in [3.63, 3.8) is 0 Å². The lowest BCUT2D eigenvalue weighted by Crippen LogP contribution is -2.50. The molecule has 26 heavy (non-hydrogen) atoms. The fourth-order valence-electron chi connectivity index (χ4n) is 2.91. The van der Waals surface area contributed by atoms with Crippen LogP contribution in [-0.4, -0.2) is 58.7 Å². The van der Waals surface area contributed by atoms with E-state index in [1.807, 2.05) is 0 Å². The van der Waals surface area contributed by atoms with Crippen molar-refractivity contribution >= 4 is 23.3 Å². The number of hydrogen-bond donors (Lipinski definition) is 1. The summed E-state index contributed by atoms with van der Waals surface area (Å²) in [6.45, 7) is 6.44. The summed E-state index contributed by atoms with van der Waals surface area (Å²) in [7, 11) is 2.08. The number of carbonyl (C=O) groups excluding carboxylic acids is 1. The Balaban J connectivity index is 1.94. The number of quaternary nitrogens is 1. The second-order valence-corrected chi connectivity index (χ2v) is 7.76. The molecule has 0 radical (unpaired) electrons. The molecule has 1 aliphatic rings. The van der Waals surface area contributed by atoms with Crippen molar-refractivity contribution in [2.24, 2.45) is 5.73 Å². The van der Waals surface area contributed by atoms with Crippen molar-refractivity contribution in [1.82, 2.24) is 8.75 Å². The Morgan fingerprint density at radius 1 is 1.38 bits per heavy atom. The van der Waals surface area contributed by atoms with E-state index >= 15 is 0 Å². The standard InChI is InChI=1S/C18H31N4O3S/c1-4-5-6-7-11-24-17-16(20-26-21-17)15-9-8-10-22(3,12-15)13-25-18(23)14(2)19/h9,14H,4-8,10-13,19H2,1-3H3/q+1/t14-,22?/m0/s1. The normalized spacial score (nSPS) is 21.2. The van der Waals surface area contributed by atoms with Crippen LogP contribution in [0.5, 0.6) is 5.88 Å². The van der Waals surface area contributed by atoms with Gasteiger partial charge in [-0.2, -0.15) is 4.37 Å². The summed E-state index contributed by atoms with van der Waals surface area (Å²) >= 11 is 1.18. The van der Waals surface area contributed by atoms with Crippen LogP contribution in [0.3, 0.4) is 0 Å². The van der Waals surface area contributed by atoms with Crippen LogP contribution in [0.4, 0.5) is 0 Å². The number of nitrogens with two attached hydrogens (primary N) is 1. The summed E-state index contributed by atoms with van der Waals surface area (Å²) in [5.41, 5.74) is 7.50. The summed E-state index contributed by atoms with van der Waals surface area (Å²) in [6, 6.07) is -0.600. The molecular weight excluding hydrogens is 352 g/mol. The van der Waals surface area contributed by atoms with Crippen LogP contribution in [-0.2, 0) is 9.53 Å². The monoisotopic (exact) mass is 383 g/mol. The lowest BCUT2D eigenvalue weighted by Gasteiger charge is -2.36. The Morgan fingerprint density at radius 3 is 2.92 bits per heavy atom. The maximum atomic E-state index is 11.7. The van der Waals surface area contributed by atoms with Gasteiger partial charge in [-0.25, -0.2) is 0 Å². The average Bonchev–Trinajstić information content (AvgIpc) is 3.08. The Morgan fingerprint density at radius 2 is 2.19 bits per heavy atom. The van der Waals surface area contributed by atoms with Crippen LogP contribution < -0.4 is 10.5 Å². The van der Waals surface area contributed by atoms with Gasteiger partial charge >= 0.3 is 5.97 Å². The van der Waals surface area contributed by atoms with Crippen molar-refractivity contribution < 1.29 is 18.8 Å². The van der Waals surface area contributed by atoms with Gasteiger partial charge in [-0.15, -0.1) is 4.37 Å². The van der Waals surface area contributed by atoms with Crippen molar-refractivity contribution in [1.29, 1.82) is 0 Å². The minimum absolute atomic E-state index is 0.308. The highest BCUT2D eigenvalue weighted by Crippen LogP contribution is 2.30. The molecule has 0 aromatic carbocycles. The molecule has 0 aliphatic carbocycles. The molecule has 0 fully saturated rings. The molecule has 146 valence electrons. The third kappa shape index (κ3) is 6.03. The Hall–Kier alpha value is -1.51. The number of carbonyl (C=O) groups is 1. The third-order valence-corrected chi connectivity index (χ3v) is 5.01. The van der Waals surface area contributed by atoms with Crippen LogP contribution in [0, 0.1) is 0 Å². The fraction of sp³-hybridized carbons (Fsp3) is 0.722. The van der Waals surface area contributed by atoms with Gasteiger partial charge in [-0.05, 0) is 13.3 Å². The summed E-state index contributed by atoms with van der Waals surface area (Å²) < 4.78 is 20.6. The molecule has 2 atom stereocenters. The maximum absolute atomic E-state index is 11.7. The van der Waals surface area contributed by atoms with E-state index in [1.165, 1.54) is 31.0 Å². The molecule has 0 amide bonds. The number of rotatable bonds is 10. The highest BCUT2D eigenvalue weighted by atomic mass is 32.1. The van der Waals surface area contributed by atoms with E-state index in [0.29, 0.717) is 23.7 Å². The Bertz CT molecular complexity index is 617. The number of unbranched alkanes of at least 4 members (excludes halogenated alkanes) is 3. The topological polar surface area (TPSA) is 87.3 Å². The third-order valence-electron chi connectivity index (χ3n) is 4.50. The first kappa shape index (κ1) is 20.8. The second-order valence-electron chi connectivity index (χ2n) is 7.23. The minimum atomic E-state index is -0.600. The summed E-state index contributed by atoms with van der Waals surface area (Å²) in [5.74, 6) is 0.255. The Labute approximate surface area is 160 Å². The van der Waals surface area contributed by atoms with Crippen molar-refractivity contribution in [3.8, 4) is 5.88 Å². The van der Waals surface area contributed by atoms with Crippen molar-refractivity contribution in [2.75, 3.05) is 33.5 Å². The number of likely N-dealkylation sites (N-methyl/N-ethyl adjacent to an activating group) is 1. The van der Waals surface area contributed by atoms with Crippen molar-refractivity contribution in [2.45, 2.75) is 52.0 Å². The van der Waals surface area contributed by atoms with E-state index in [1.54, 1.807) is 6.92 Å². The molecule has 1 aliphatic heterocycles. The van der Waals surface area contributed by atoms with E-state index < -0.39 is 6.04 Å². The molecule has 0 saturated heterocycles. The fourth-order valence-corrected chi connectivity index (χ4v) is 3.44. The van der Waals surface area contributed by atoms with E-state index in [2.05, 4.69) is 28.8 Å². The van der Waals surface area contributed by atoms with Gasteiger partial charge in [0, 0.05) is 12.0 Å². The molecule has 1 aromatic rings. The summed E-state index contributed by atoms with van der Waals surface area (Å²) in [4.78, 5) is 11.7. The molecule has 1 unspecified atom stereocenters. The van der Waals surface area contributed by atoms with Gasteiger partial charge in [0.1, 0.15) is 18.3 Å². The SMILES string of the molecule is CCCCCCOc1nsnc1C1=CCC[N+](C)(COC(=O)[C@H](C)N)C1. The van der Waals surface area contributed by atoms with Crippen LogP contribution in [0.2, 0.25) is 0 Å². The zero-order valence-corrected chi connectivity index (χ0v) is 16.9. The Kier molecular flexibility index (Phi) is 7.99. The zero-order valence-electron chi connectivity index (χ0n) is 16.1. The first-order valence-electron chi connectivity index (χ1n) is 9.35. The number of esters is 1. The number of ether oxygens (including phenoxy) is 2. The molecule has 0 bridgehead atoms. The van der Waals surface area contributed by atoms with Crippen LogP contribution in [0.1, 0.15) is 51.6 Å².